The number of nitrogens with zero attached hydrogens (tertiary/aromatic N) is 1. The number of rotatable bonds is 7. The molecule has 140 valence electrons. The van der Waals surface area contributed by atoms with Gasteiger partial charge in [-0.3, -0.25) is 0 Å². The standard InChI is InChI=1S/C20H19NO6/c22-20(26-12-15-11-19(27-21-15)18-4-2-10-24-18)14-5-7-16(8-6-14)25-13-17-3-1-9-23-17/h2,4-8,10-11,17H,1,3,9,12-13H2/t17-/m0/s1. The maximum absolute atomic E-state index is 12.2. The summed E-state index contributed by atoms with van der Waals surface area (Å²) in [5.41, 5.74) is 0.945. The molecule has 0 radical (unpaired) electrons. The van der Waals surface area contributed by atoms with Gasteiger partial charge < -0.3 is 23.2 Å². The zero-order chi connectivity index (χ0) is 18.5. The molecule has 0 N–H and O–H groups in total. The van der Waals surface area contributed by atoms with Crippen LogP contribution in [0.4, 0.5) is 0 Å². The molecule has 1 fully saturated rings. The molecule has 1 saturated heterocycles. The van der Waals surface area contributed by atoms with Crippen LogP contribution in [0.15, 0.2) is 57.7 Å². The van der Waals surface area contributed by atoms with E-state index in [2.05, 4.69) is 5.16 Å². The van der Waals surface area contributed by atoms with Gasteiger partial charge in [-0.2, -0.15) is 0 Å². The highest BCUT2D eigenvalue weighted by Crippen LogP contribution is 2.21. The van der Waals surface area contributed by atoms with Crippen LogP contribution < -0.4 is 4.74 Å². The molecule has 0 spiro atoms. The summed E-state index contributed by atoms with van der Waals surface area (Å²) >= 11 is 0. The van der Waals surface area contributed by atoms with Gasteiger partial charge in [0.25, 0.3) is 0 Å². The molecule has 0 amide bonds. The molecule has 3 aromatic rings. The van der Waals surface area contributed by atoms with E-state index in [1.54, 1.807) is 48.7 Å². The lowest BCUT2D eigenvalue weighted by atomic mass is 10.2. The predicted octanol–water partition coefficient (Wildman–Crippen LogP) is 3.85. The fourth-order valence-electron chi connectivity index (χ4n) is 2.79. The number of hydrogen-bond donors (Lipinski definition) is 0. The summed E-state index contributed by atoms with van der Waals surface area (Å²) in [6.45, 7) is 1.33. The summed E-state index contributed by atoms with van der Waals surface area (Å²) in [6, 6.07) is 12.0. The summed E-state index contributed by atoms with van der Waals surface area (Å²) in [7, 11) is 0. The van der Waals surface area contributed by atoms with Crippen molar-refractivity contribution >= 4 is 5.97 Å². The van der Waals surface area contributed by atoms with Gasteiger partial charge in [0.05, 0.1) is 17.9 Å². The first-order valence-corrected chi connectivity index (χ1v) is 8.79. The fraction of sp³-hybridized carbons (Fsp3) is 0.300. The van der Waals surface area contributed by atoms with Crippen LogP contribution in [0.25, 0.3) is 11.5 Å². The molecule has 1 aliphatic rings. The normalized spacial score (nSPS) is 16.4. The minimum Gasteiger partial charge on any atom is -0.491 e. The van der Waals surface area contributed by atoms with E-state index in [1.165, 1.54) is 0 Å². The lowest BCUT2D eigenvalue weighted by Gasteiger charge is -2.11. The van der Waals surface area contributed by atoms with E-state index in [-0.39, 0.29) is 12.7 Å². The molecule has 27 heavy (non-hydrogen) atoms. The molecule has 1 aromatic carbocycles. The van der Waals surface area contributed by atoms with E-state index >= 15 is 0 Å². The lowest BCUT2D eigenvalue weighted by Crippen LogP contribution is -2.16. The average molecular weight is 369 g/mol. The summed E-state index contributed by atoms with van der Waals surface area (Å²) in [6.07, 6.45) is 3.80. The molecule has 3 heterocycles. The SMILES string of the molecule is O=C(OCc1cc(-c2ccco2)on1)c1ccc(OC[C@@H]2CCCO2)cc1. The molecular formula is C20H19NO6. The Morgan fingerprint density at radius 1 is 1.19 bits per heavy atom. The maximum atomic E-state index is 12.2. The quantitative estimate of drug-likeness (QED) is 0.585. The first-order chi connectivity index (χ1) is 13.3. The molecule has 0 bridgehead atoms. The van der Waals surface area contributed by atoms with Crippen LogP contribution in [0.3, 0.4) is 0 Å². The highest BCUT2D eigenvalue weighted by Gasteiger charge is 2.16. The van der Waals surface area contributed by atoms with Gasteiger partial charge in [0, 0.05) is 12.7 Å². The van der Waals surface area contributed by atoms with E-state index in [0.29, 0.717) is 35.1 Å². The molecule has 7 heteroatoms. The third-order valence-electron chi connectivity index (χ3n) is 4.22. The Hall–Kier alpha value is -3.06. The van der Waals surface area contributed by atoms with E-state index in [1.807, 2.05) is 0 Å². The second-order valence-corrected chi connectivity index (χ2v) is 6.21. The second-order valence-electron chi connectivity index (χ2n) is 6.21. The van der Waals surface area contributed by atoms with Gasteiger partial charge in [0.15, 0.2) is 5.76 Å². The number of esters is 1. The summed E-state index contributed by atoms with van der Waals surface area (Å²) in [5.74, 6) is 1.31. The molecule has 2 aromatic heterocycles. The van der Waals surface area contributed by atoms with Crippen molar-refractivity contribution < 1.29 is 27.9 Å². The predicted molar refractivity (Wildman–Crippen MR) is 94.2 cm³/mol. The van der Waals surface area contributed by atoms with Crippen LogP contribution in [-0.4, -0.2) is 30.4 Å². The summed E-state index contributed by atoms with van der Waals surface area (Å²) < 4.78 is 26.9. The van der Waals surface area contributed by atoms with Crippen LogP contribution in [0.5, 0.6) is 5.75 Å². The van der Waals surface area contributed by atoms with Crippen LogP contribution in [0.1, 0.15) is 28.9 Å². The molecule has 1 aliphatic heterocycles. The van der Waals surface area contributed by atoms with Crippen molar-refractivity contribution in [2.24, 2.45) is 0 Å². The number of carbonyl (C=O) groups is 1. The first-order valence-electron chi connectivity index (χ1n) is 8.79. The Kier molecular flexibility index (Phi) is 5.20. The molecule has 0 aliphatic carbocycles. The van der Waals surface area contributed by atoms with E-state index < -0.39 is 5.97 Å². The van der Waals surface area contributed by atoms with E-state index in [0.717, 1.165) is 19.4 Å². The number of hydrogen-bond acceptors (Lipinski definition) is 7. The van der Waals surface area contributed by atoms with Gasteiger partial charge in [-0.15, -0.1) is 0 Å². The number of ether oxygens (including phenoxy) is 3. The van der Waals surface area contributed by atoms with Gasteiger partial charge >= 0.3 is 5.97 Å². The number of aromatic nitrogens is 1. The summed E-state index contributed by atoms with van der Waals surface area (Å²) in [4.78, 5) is 12.2. The fourth-order valence-corrected chi connectivity index (χ4v) is 2.79. The van der Waals surface area contributed by atoms with Crippen LogP contribution in [-0.2, 0) is 16.1 Å². The minimum absolute atomic E-state index is 0.0142. The zero-order valence-corrected chi connectivity index (χ0v) is 14.6. The van der Waals surface area contributed by atoms with Gasteiger partial charge in [-0.05, 0) is 49.2 Å². The lowest BCUT2D eigenvalue weighted by molar-refractivity contribution is 0.0464. The highest BCUT2D eigenvalue weighted by molar-refractivity contribution is 5.89. The smallest absolute Gasteiger partial charge is 0.338 e. The van der Waals surface area contributed by atoms with Crippen molar-refractivity contribution in [3.05, 3.63) is 60.0 Å². The number of carbonyl (C=O) groups excluding carboxylic acids is 1. The molecule has 1 atom stereocenters. The van der Waals surface area contributed by atoms with Crippen LogP contribution in [0.2, 0.25) is 0 Å². The molecule has 4 rings (SSSR count). The first kappa shape index (κ1) is 17.4. The van der Waals surface area contributed by atoms with E-state index in [9.17, 15) is 4.79 Å². The summed E-state index contributed by atoms with van der Waals surface area (Å²) in [5, 5.41) is 3.87. The highest BCUT2D eigenvalue weighted by atomic mass is 16.5. The van der Waals surface area contributed by atoms with Crippen molar-refractivity contribution in [2.75, 3.05) is 13.2 Å². The Labute approximate surface area is 155 Å². The van der Waals surface area contributed by atoms with Crippen LogP contribution >= 0.6 is 0 Å². The van der Waals surface area contributed by atoms with E-state index in [4.69, 9.17) is 23.2 Å². The largest absolute Gasteiger partial charge is 0.491 e. The Balaban J connectivity index is 1.28. The third kappa shape index (κ3) is 4.38. The Bertz CT molecular complexity index is 862. The van der Waals surface area contributed by atoms with Gasteiger partial charge in [0.1, 0.15) is 24.7 Å². The van der Waals surface area contributed by atoms with Crippen molar-refractivity contribution in [3.8, 4) is 17.3 Å². The van der Waals surface area contributed by atoms with Crippen LogP contribution in [0, 0.1) is 0 Å². The van der Waals surface area contributed by atoms with Crippen molar-refractivity contribution in [2.45, 2.75) is 25.6 Å². The van der Waals surface area contributed by atoms with Gasteiger partial charge in [-0.25, -0.2) is 4.79 Å². The molecule has 0 saturated carbocycles. The maximum Gasteiger partial charge on any atom is 0.338 e. The van der Waals surface area contributed by atoms with Crippen molar-refractivity contribution in [1.29, 1.82) is 0 Å². The molecule has 7 nitrogen and oxygen atoms in total. The zero-order valence-electron chi connectivity index (χ0n) is 14.6. The third-order valence-corrected chi connectivity index (χ3v) is 4.22. The minimum atomic E-state index is -0.441. The Morgan fingerprint density at radius 2 is 2.07 bits per heavy atom. The second kappa shape index (κ2) is 8.09. The number of furan rings is 1. The Morgan fingerprint density at radius 3 is 2.81 bits per heavy atom. The molecular weight excluding hydrogens is 350 g/mol. The average Bonchev–Trinajstić information content (AvgIpc) is 3.47. The monoisotopic (exact) mass is 369 g/mol. The number of benzene rings is 1. The van der Waals surface area contributed by atoms with Crippen molar-refractivity contribution in [3.63, 3.8) is 0 Å². The van der Waals surface area contributed by atoms with Gasteiger partial charge in [-0.1, -0.05) is 5.16 Å². The molecule has 0 unspecified atom stereocenters. The topological polar surface area (TPSA) is 83.9 Å². The van der Waals surface area contributed by atoms with Crippen molar-refractivity contribution in [1.82, 2.24) is 5.16 Å². The van der Waals surface area contributed by atoms with Gasteiger partial charge in [0.2, 0.25) is 5.76 Å².